The van der Waals surface area contributed by atoms with Gasteiger partial charge >= 0.3 is 0 Å². The molecule has 0 aromatic heterocycles. The SMILES string of the molecule is CC(C)(c1ccc(F)cc1)C(O)Cc1c(F)cccc1Cl. The van der Waals surface area contributed by atoms with Gasteiger partial charge in [-0.3, -0.25) is 0 Å². The van der Waals surface area contributed by atoms with Gasteiger partial charge < -0.3 is 5.11 Å². The molecule has 0 amide bonds. The van der Waals surface area contributed by atoms with E-state index in [1.807, 2.05) is 13.8 Å². The summed E-state index contributed by atoms with van der Waals surface area (Å²) in [7, 11) is 0. The van der Waals surface area contributed by atoms with E-state index in [2.05, 4.69) is 0 Å². The van der Waals surface area contributed by atoms with Gasteiger partial charge in [-0.05, 0) is 29.8 Å². The first-order valence-electron chi connectivity index (χ1n) is 6.69. The van der Waals surface area contributed by atoms with Gasteiger partial charge in [-0.25, -0.2) is 8.78 Å². The van der Waals surface area contributed by atoms with E-state index in [4.69, 9.17) is 11.6 Å². The zero-order chi connectivity index (χ0) is 15.6. The van der Waals surface area contributed by atoms with Crippen molar-refractivity contribution < 1.29 is 13.9 Å². The summed E-state index contributed by atoms with van der Waals surface area (Å²) in [5, 5.41) is 10.8. The smallest absolute Gasteiger partial charge is 0.127 e. The minimum Gasteiger partial charge on any atom is -0.392 e. The topological polar surface area (TPSA) is 20.2 Å². The monoisotopic (exact) mass is 310 g/mol. The molecule has 112 valence electrons. The summed E-state index contributed by atoms with van der Waals surface area (Å²) in [5.74, 6) is -0.766. The molecule has 0 heterocycles. The third-order valence-corrected chi connectivity index (χ3v) is 4.23. The summed E-state index contributed by atoms with van der Waals surface area (Å²) >= 11 is 5.99. The Bertz CT molecular complexity index is 603. The van der Waals surface area contributed by atoms with Gasteiger partial charge in [-0.15, -0.1) is 0 Å². The van der Waals surface area contributed by atoms with Crippen molar-refractivity contribution in [2.24, 2.45) is 0 Å². The molecule has 2 aromatic carbocycles. The summed E-state index contributed by atoms with van der Waals surface area (Å²) in [5.41, 5.74) is 0.421. The van der Waals surface area contributed by atoms with E-state index in [0.29, 0.717) is 10.6 Å². The predicted octanol–water partition coefficient (Wildman–Crippen LogP) is 4.50. The Balaban J connectivity index is 2.26. The number of aliphatic hydroxyl groups excluding tert-OH is 1. The highest BCUT2D eigenvalue weighted by molar-refractivity contribution is 6.31. The van der Waals surface area contributed by atoms with Crippen molar-refractivity contribution >= 4 is 11.6 Å². The van der Waals surface area contributed by atoms with Gasteiger partial charge in [0.05, 0.1) is 6.10 Å². The zero-order valence-corrected chi connectivity index (χ0v) is 12.7. The highest BCUT2D eigenvalue weighted by Gasteiger charge is 2.31. The number of hydrogen-bond acceptors (Lipinski definition) is 1. The lowest BCUT2D eigenvalue weighted by molar-refractivity contribution is 0.0991. The Morgan fingerprint density at radius 3 is 2.29 bits per heavy atom. The number of hydrogen-bond donors (Lipinski definition) is 1. The molecule has 0 aliphatic heterocycles. The molecule has 0 bridgehead atoms. The van der Waals surface area contributed by atoms with Gasteiger partial charge in [0.15, 0.2) is 0 Å². The van der Waals surface area contributed by atoms with Crippen molar-refractivity contribution in [2.45, 2.75) is 31.8 Å². The molecule has 1 atom stereocenters. The van der Waals surface area contributed by atoms with Crippen LogP contribution in [0.4, 0.5) is 8.78 Å². The van der Waals surface area contributed by atoms with Crippen LogP contribution in [0.3, 0.4) is 0 Å². The van der Waals surface area contributed by atoms with Crippen LogP contribution in [0.2, 0.25) is 5.02 Å². The molecular formula is C17H17ClF2O. The number of aliphatic hydroxyl groups is 1. The van der Waals surface area contributed by atoms with Crippen LogP contribution in [0.5, 0.6) is 0 Å². The molecule has 0 radical (unpaired) electrons. The molecule has 21 heavy (non-hydrogen) atoms. The predicted molar refractivity (Wildman–Crippen MR) is 80.5 cm³/mol. The number of rotatable bonds is 4. The fourth-order valence-corrected chi connectivity index (χ4v) is 2.49. The molecule has 2 rings (SSSR count). The van der Waals surface area contributed by atoms with E-state index >= 15 is 0 Å². The van der Waals surface area contributed by atoms with Gasteiger partial charge in [-0.1, -0.05) is 43.6 Å². The van der Waals surface area contributed by atoms with E-state index in [1.165, 1.54) is 24.3 Å². The van der Waals surface area contributed by atoms with Gasteiger partial charge in [0.1, 0.15) is 11.6 Å². The lowest BCUT2D eigenvalue weighted by Gasteiger charge is -2.31. The molecule has 2 aromatic rings. The van der Waals surface area contributed by atoms with Crippen molar-refractivity contribution in [3.63, 3.8) is 0 Å². The van der Waals surface area contributed by atoms with Gasteiger partial charge in [-0.2, -0.15) is 0 Å². The van der Waals surface area contributed by atoms with Crippen LogP contribution in [0, 0.1) is 11.6 Å². The third kappa shape index (κ3) is 3.42. The average Bonchev–Trinajstić information content (AvgIpc) is 2.43. The first-order valence-corrected chi connectivity index (χ1v) is 7.07. The van der Waals surface area contributed by atoms with E-state index in [-0.39, 0.29) is 12.2 Å². The van der Waals surface area contributed by atoms with Crippen molar-refractivity contribution in [2.75, 3.05) is 0 Å². The van der Waals surface area contributed by atoms with Crippen molar-refractivity contribution in [1.82, 2.24) is 0 Å². The molecule has 1 N–H and O–H groups in total. The van der Waals surface area contributed by atoms with E-state index < -0.39 is 17.3 Å². The summed E-state index contributed by atoms with van der Waals surface area (Å²) < 4.78 is 26.8. The van der Waals surface area contributed by atoms with E-state index in [9.17, 15) is 13.9 Å². The lowest BCUT2D eigenvalue weighted by Crippen LogP contribution is -2.35. The Morgan fingerprint density at radius 2 is 1.71 bits per heavy atom. The van der Waals surface area contributed by atoms with Gasteiger partial charge in [0.2, 0.25) is 0 Å². The average molecular weight is 311 g/mol. The first kappa shape index (κ1) is 15.9. The van der Waals surface area contributed by atoms with E-state index in [0.717, 1.165) is 5.56 Å². The Kier molecular flexibility index (Phi) is 4.64. The zero-order valence-electron chi connectivity index (χ0n) is 11.9. The van der Waals surface area contributed by atoms with Crippen LogP contribution in [-0.2, 0) is 11.8 Å². The molecule has 1 nitrogen and oxygen atoms in total. The molecular weight excluding hydrogens is 294 g/mol. The van der Waals surface area contributed by atoms with Crippen molar-refractivity contribution in [1.29, 1.82) is 0 Å². The molecule has 0 aliphatic rings. The van der Waals surface area contributed by atoms with Crippen LogP contribution in [0.25, 0.3) is 0 Å². The Morgan fingerprint density at radius 1 is 1.10 bits per heavy atom. The largest absolute Gasteiger partial charge is 0.392 e. The molecule has 1 unspecified atom stereocenters. The summed E-state index contributed by atoms with van der Waals surface area (Å²) in [6, 6.07) is 10.4. The van der Waals surface area contributed by atoms with Gasteiger partial charge in [0.25, 0.3) is 0 Å². The van der Waals surface area contributed by atoms with Crippen LogP contribution < -0.4 is 0 Å². The first-order chi connectivity index (χ1) is 9.82. The van der Waals surface area contributed by atoms with Crippen LogP contribution in [0.15, 0.2) is 42.5 Å². The van der Waals surface area contributed by atoms with Crippen LogP contribution in [0.1, 0.15) is 25.0 Å². The Labute approximate surface area is 128 Å². The fraction of sp³-hybridized carbons (Fsp3) is 0.294. The Hall–Kier alpha value is -1.45. The normalized spacial score (nSPS) is 13.2. The maximum absolute atomic E-state index is 13.8. The standard InChI is InChI=1S/C17H17ClF2O/c1-17(2,11-6-8-12(19)9-7-11)16(21)10-13-14(18)4-3-5-15(13)20/h3-9,16,21H,10H2,1-2H3. The van der Waals surface area contributed by atoms with Crippen molar-refractivity contribution in [3.8, 4) is 0 Å². The maximum Gasteiger partial charge on any atom is 0.127 e. The summed E-state index contributed by atoms with van der Waals surface area (Å²) in [6.07, 6.45) is -0.757. The summed E-state index contributed by atoms with van der Waals surface area (Å²) in [6.45, 7) is 3.67. The lowest BCUT2D eigenvalue weighted by atomic mass is 9.77. The van der Waals surface area contributed by atoms with Crippen LogP contribution >= 0.6 is 11.6 Å². The number of halogens is 3. The molecule has 4 heteroatoms. The second-order valence-electron chi connectivity index (χ2n) is 5.65. The summed E-state index contributed by atoms with van der Waals surface area (Å²) in [4.78, 5) is 0. The second-order valence-corrected chi connectivity index (χ2v) is 6.06. The van der Waals surface area contributed by atoms with Crippen LogP contribution in [-0.4, -0.2) is 11.2 Å². The minimum absolute atomic E-state index is 0.0931. The van der Waals surface area contributed by atoms with Gasteiger partial charge in [0, 0.05) is 22.4 Å². The number of benzene rings is 2. The highest BCUT2D eigenvalue weighted by atomic mass is 35.5. The quantitative estimate of drug-likeness (QED) is 0.881. The molecule has 0 spiro atoms. The third-order valence-electron chi connectivity index (χ3n) is 3.88. The molecule has 0 fully saturated rings. The fourth-order valence-electron chi connectivity index (χ4n) is 2.25. The minimum atomic E-state index is -0.850. The highest BCUT2D eigenvalue weighted by Crippen LogP contribution is 2.31. The maximum atomic E-state index is 13.8. The molecule has 0 saturated heterocycles. The molecule has 0 saturated carbocycles. The molecule has 0 aliphatic carbocycles. The van der Waals surface area contributed by atoms with E-state index in [1.54, 1.807) is 18.2 Å². The van der Waals surface area contributed by atoms with Crippen molar-refractivity contribution in [3.05, 3.63) is 70.2 Å². The second kappa shape index (κ2) is 6.12.